The number of carboxylic acid groups (broad SMARTS) is 1. The lowest BCUT2D eigenvalue weighted by Crippen LogP contribution is -2.51. The Hall–Kier alpha value is -0.900. The lowest BCUT2D eigenvalue weighted by Gasteiger charge is -2.55. The lowest BCUT2D eigenvalue weighted by molar-refractivity contribution is -0.139. The third-order valence-corrected chi connectivity index (χ3v) is 9.56. The molecule has 4 heteroatoms. The fraction of sp³-hybridized carbons (Fsp3) is 0.920. The van der Waals surface area contributed by atoms with E-state index in [1.54, 1.807) is 0 Å². The van der Waals surface area contributed by atoms with Crippen LogP contribution in [0.4, 0.5) is 0 Å². The van der Waals surface area contributed by atoms with Crippen LogP contribution in [-0.4, -0.2) is 28.1 Å². The second-order valence-electron chi connectivity index (χ2n) is 11.1. The number of aliphatic carboxylic acids is 1. The Labute approximate surface area is 176 Å². The Balaban J connectivity index is 1.83. The van der Waals surface area contributed by atoms with Crippen molar-refractivity contribution in [3.63, 3.8) is 0 Å². The highest BCUT2D eigenvalue weighted by atomic mass is 16.4. The van der Waals surface area contributed by atoms with Crippen molar-refractivity contribution >= 4 is 11.8 Å². The van der Waals surface area contributed by atoms with E-state index in [9.17, 15) is 14.7 Å². The molecule has 0 aromatic rings. The Kier molecular flexibility index (Phi) is 6.82. The molecule has 3 rings (SSSR count). The van der Waals surface area contributed by atoms with Crippen LogP contribution < -0.4 is 0 Å². The topological polar surface area (TPSA) is 74.6 Å². The van der Waals surface area contributed by atoms with E-state index in [1.165, 1.54) is 0 Å². The monoisotopic (exact) mass is 406 g/mol. The molecule has 3 aliphatic rings. The van der Waals surface area contributed by atoms with Crippen molar-refractivity contribution in [3.05, 3.63) is 0 Å². The van der Waals surface area contributed by atoms with Crippen LogP contribution in [-0.2, 0) is 9.59 Å². The van der Waals surface area contributed by atoms with Gasteiger partial charge >= 0.3 is 5.97 Å². The summed E-state index contributed by atoms with van der Waals surface area (Å²) in [5.41, 5.74) is 0.331. The standard InChI is InChI=1S/C25H42O4/c1-5-21(27)23-19(24(3)13-10-17(26)11-14-24)12-15-25(4)18(7-8-20(23)25)16(2)6-9-22(28)29/h16-20,23,26H,5-15H2,1-4H3,(H,28,29)/t16-,17?,18-,19?,20?,23?,24?,25-/m1/s1. The first kappa shape index (κ1) is 22.8. The zero-order valence-corrected chi connectivity index (χ0v) is 19.0. The molecular formula is C25H42O4. The van der Waals surface area contributed by atoms with Gasteiger partial charge in [-0.2, -0.15) is 0 Å². The minimum atomic E-state index is -0.702. The highest BCUT2D eigenvalue weighted by Crippen LogP contribution is 2.64. The van der Waals surface area contributed by atoms with Crippen LogP contribution >= 0.6 is 0 Å². The molecule has 3 unspecified atom stereocenters. The molecule has 0 aliphatic heterocycles. The molecule has 0 bridgehead atoms. The van der Waals surface area contributed by atoms with Gasteiger partial charge in [0.25, 0.3) is 0 Å². The number of aliphatic hydroxyl groups excluding tert-OH is 1. The summed E-state index contributed by atoms with van der Waals surface area (Å²) < 4.78 is 0. The van der Waals surface area contributed by atoms with E-state index in [-0.39, 0.29) is 29.3 Å². The minimum Gasteiger partial charge on any atom is -0.481 e. The predicted molar refractivity (Wildman–Crippen MR) is 114 cm³/mol. The first-order valence-electron chi connectivity index (χ1n) is 12.0. The SMILES string of the molecule is CCC(=O)C1C(C2(C)CCC(O)CC2)CC[C@@]2(C)C1CC[C@@H]2[C@H](C)CCC(=O)O. The van der Waals surface area contributed by atoms with Crippen LogP contribution in [0.15, 0.2) is 0 Å². The molecule has 0 saturated heterocycles. The Bertz CT molecular complexity index is 606. The number of fused-ring (bicyclic) bond motifs is 1. The van der Waals surface area contributed by atoms with E-state index in [1.807, 2.05) is 6.92 Å². The van der Waals surface area contributed by atoms with E-state index in [0.29, 0.717) is 35.9 Å². The van der Waals surface area contributed by atoms with E-state index in [0.717, 1.165) is 57.8 Å². The maximum atomic E-state index is 13.3. The van der Waals surface area contributed by atoms with Gasteiger partial charge in [0, 0.05) is 18.8 Å². The summed E-state index contributed by atoms with van der Waals surface area (Å²) >= 11 is 0. The predicted octanol–water partition coefficient (Wildman–Crippen LogP) is 5.47. The van der Waals surface area contributed by atoms with E-state index >= 15 is 0 Å². The summed E-state index contributed by atoms with van der Waals surface area (Å²) in [7, 11) is 0. The van der Waals surface area contributed by atoms with Gasteiger partial charge in [0.1, 0.15) is 5.78 Å². The summed E-state index contributed by atoms with van der Waals surface area (Å²) in [5, 5.41) is 19.1. The van der Waals surface area contributed by atoms with Crippen molar-refractivity contribution in [3.8, 4) is 0 Å². The Morgan fingerprint density at radius 1 is 1.00 bits per heavy atom. The number of carboxylic acids is 1. The van der Waals surface area contributed by atoms with Crippen molar-refractivity contribution < 1.29 is 19.8 Å². The largest absolute Gasteiger partial charge is 0.481 e. The molecule has 3 aliphatic carbocycles. The minimum absolute atomic E-state index is 0.149. The molecule has 29 heavy (non-hydrogen) atoms. The van der Waals surface area contributed by atoms with Gasteiger partial charge in [-0.1, -0.05) is 27.7 Å². The van der Waals surface area contributed by atoms with Gasteiger partial charge in [0.05, 0.1) is 6.10 Å². The second-order valence-corrected chi connectivity index (χ2v) is 11.1. The molecule has 4 nitrogen and oxygen atoms in total. The van der Waals surface area contributed by atoms with E-state index in [4.69, 9.17) is 5.11 Å². The number of ketones is 1. The molecule has 0 aromatic carbocycles. The third-order valence-electron chi connectivity index (χ3n) is 9.56. The number of carbonyl (C=O) groups excluding carboxylic acids is 1. The van der Waals surface area contributed by atoms with Crippen molar-refractivity contribution in [2.45, 2.75) is 104 Å². The van der Waals surface area contributed by atoms with Gasteiger partial charge in [-0.3, -0.25) is 9.59 Å². The van der Waals surface area contributed by atoms with Gasteiger partial charge < -0.3 is 10.2 Å². The fourth-order valence-electron chi connectivity index (χ4n) is 7.77. The smallest absolute Gasteiger partial charge is 0.303 e. The van der Waals surface area contributed by atoms with Gasteiger partial charge in [0.15, 0.2) is 0 Å². The lowest BCUT2D eigenvalue weighted by atomic mass is 9.49. The highest BCUT2D eigenvalue weighted by molar-refractivity contribution is 5.81. The Morgan fingerprint density at radius 2 is 1.66 bits per heavy atom. The highest BCUT2D eigenvalue weighted by Gasteiger charge is 2.59. The molecule has 0 amide bonds. The molecule has 0 aromatic heterocycles. The van der Waals surface area contributed by atoms with E-state index < -0.39 is 5.97 Å². The van der Waals surface area contributed by atoms with Gasteiger partial charge in [0.2, 0.25) is 0 Å². The van der Waals surface area contributed by atoms with Gasteiger partial charge in [-0.15, -0.1) is 0 Å². The molecular weight excluding hydrogens is 364 g/mol. The maximum Gasteiger partial charge on any atom is 0.303 e. The molecule has 166 valence electrons. The number of Topliss-reactive ketones (excluding diaryl/α,β-unsaturated/α-hetero) is 1. The van der Waals surface area contributed by atoms with E-state index in [2.05, 4.69) is 20.8 Å². The molecule has 6 atom stereocenters. The number of aliphatic hydroxyl groups is 1. The van der Waals surface area contributed by atoms with Crippen LogP contribution in [0.3, 0.4) is 0 Å². The normalized spacial score (nSPS) is 43.6. The third kappa shape index (κ3) is 4.29. The van der Waals surface area contributed by atoms with Gasteiger partial charge in [-0.25, -0.2) is 0 Å². The molecule has 0 heterocycles. The van der Waals surface area contributed by atoms with Gasteiger partial charge in [-0.05, 0) is 92.3 Å². The number of carbonyl (C=O) groups is 2. The van der Waals surface area contributed by atoms with Crippen LogP contribution in [0.2, 0.25) is 0 Å². The van der Waals surface area contributed by atoms with Crippen molar-refractivity contribution in [2.24, 2.45) is 40.4 Å². The van der Waals surface area contributed by atoms with Crippen LogP contribution in [0.5, 0.6) is 0 Å². The average molecular weight is 407 g/mol. The van der Waals surface area contributed by atoms with Crippen molar-refractivity contribution in [2.75, 3.05) is 0 Å². The summed E-state index contributed by atoms with van der Waals surface area (Å²) in [6.45, 7) is 9.03. The maximum absolute atomic E-state index is 13.3. The molecule has 2 N–H and O–H groups in total. The number of hydrogen-bond donors (Lipinski definition) is 2. The average Bonchev–Trinajstić information content (AvgIpc) is 3.04. The summed E-state index contributed by atoms with van der Waals surface area (Å²) in [6.07, 6.45) is 9.78. The molecule has 3 fully saturated rings. The zero-order valence-electron chi connectivity index (χ0n) is 19.0. The quantitative estimate of drug-likeness (QED) is 0.588. The van der Waals surface area contributed by atoms with Crippen molar-refractivity contribution in [1.29, 1.82) is 0 Å². The van der Waals surface area contributed by atoms with Crippen LogP contribution in [0.1, 0.15) is 98.3 Å². The molecule has 0 radical (unpaired) electrons. The zero-order chi connectivity index (χ0) is 21.4. The molecule has 0 spiro atoms. The second kappa shape index (κ2) is 8.69. The first-order chi connectivity index (χ1) is 13.6. The first-order valence-corrected chi connectivity index (χ1v) is 12.0. The summed E-state index contributed by atoms with van der Waals surface area (Å²) in [5.74, 6) is 1.69. The molecule has 3 saturated carbocycles. The van der Waals surface area contributed by atoms with Crippen LogP contribution in [0, 0.1) is 40.4 Å². The number of hydrogen-bond acceptors (Lipinski definition) is 3. The van der Waals surface area contributed by atoms with Crippen LogP contribution in [0.25, 0.3) is 0 Å². The van der Waals surface area contributed by atoms with Crippen molar-refractivity contribution in [1.82, 2.24) is 0 Å². The summed E-state index contributed by atoms with van der Waals surface area (Å²) in [4.78, 5) is 24.4. The Morgan fingerprint density at radius 3 is 2.24 bits per heavy atom. The fourth-order valence-corrected chi connectivity index (χ4v) is 7.77. The number of rotatable bonds is 7. The summed E-state index contributed by atoms with van der Waals surface area (Å²) in [6, 6.07) is 0.